The average molecular weight is 424 g/mol. The number of carbonyl (C=O) groups excluding carboxylic acids is 2. The number of hydrogen-bond acceptors (Lipinski definition) is 5. The molecule has 2 aromatic rings. The molecular formula is C16H14BrN3O4S. The summed E-state index contributed by atoms with van der Waals surface area (Å²) < 4.78 is 0.760. The quantitative estimate of drug-likeness (QED) is 0.571. The lowest BCUT2D eigenvalue weighted by Gasteiger charge is -2.18. The molecule has 1 N–H and O–H groups in total. The Morgan fingerprint density at radius 2 is 1.84 bits per heavy atom. The number of anilines is 2. The zero-order valence-corrected chi connectivity index (χ0v) is 15.5. The number of thioether (sulfide) groups is 1. The SMILES string of the molecule is CN(C(=O)SCC(=O)Nc1ccccc1[N+](=O)[O-])c1ccccc1Br. The Balaban J connectivity index is 1.95. The summed E-state index contributed by atoms with van der Waals surface area (Å²) in [4.78, 5) is 36.0. The van der Waals surface area contributed by atoms with Crippen molar-refractivity contribution in [2.45, 2.75) is 0 Å². The maximum Gasteiger partial charge on any atom is 0.292 e. The number of para-hydroxylation sites is 3. The van der Waals surface area contributed by atoms with Gasteiger partial charge in [0.05, 0.1) is 16.4 Å². The van der Waals surface area contributed by atoms with Crippen LogP contribution in [0.1, 0.15) is 0 Å². The van der Waals surface area contributed by atoms with Crippen LogP contribution in [0.4, 0.5) is 21.9 Å². The number of rotatable bonds is 5. The number of halogens is 1. The van der Waals surface area contributed by atoms with Crippen LogP contribution in [0.3, 0.4) is 0 Å². The number of amides is 2. The standard InChI is InChI=1S/C16H14BrN3O4S/c1-19(13-8-4-2-6-11(13)17)16(22)25-10-15(21)18-12-7-3-5-9-14(12)20(23)24/h2-9H,10H2,1H3,(H,18,21). The van der Waals surface area contributed by atoms with Gasteiger partial charge in [0.2, 0.25) is 5.91 Å². The number of hydrogen-bond donors (Lipinski definition) is 1. The predicted octanol–water partition coefficient (Wildman–Crippen LogP) is 4.29. The maximum atomic E-state index is 12.2. The summed E-state index contributed by atoms with van der Waals surface area (Å²) in [6.45, 7) is 0. The van der Waals surface area contributed by atoms with Crippen molar-refractivity contribution in [1.82, 2.24) is 0 Å². The molecule has 0 aliphatic carbocycles. The average Bonchev–Trinajstić information content (AvgIpc) is 2.59. The highest BCUT2D eigenvalue weighted by atomic mass is 79.9. The Hall–Kier alpha value is -2.39. The second kappa shape index (κ2) is 8.63. The molecule has 9 heteroatoms. The lowest BCUT2D eigenvalue weighted by atomic mass is 10.2. The van der Waals surface area contributed by atoms with Gasteiger partial charge in [-0.1, -0.05) is 36.0 Å². The van der Waals surface area contributed by atoms with Gasteiger partial charge in [-0.3, -0.25) is 19.7 Å². The summed E-state index contributed by atoms with van der Waals surface area (Å²) in [6, 6.07) is 13.1. The lowest BCUT2D eigenvalue weighted by molar-refractivity contribution is -0.383. The van der Waals surface area contributed by atoms with E-state index in [1.165, 1.54) is 23.1 Å². The van der Waals surface area contributed by atoms with Crippen molar-refractivity contribution < 1.29 is 14.5 Å². The predicted molar refractivity (Wildman–Crippen MR) is 102 cm³/mol. The van der Waals surface area contributed by atoms with Gasteiger partial charge in [-0.05, 0) is 34.1 Å². The molecule has 0 saturated carbocycles. The van der Waals surface area contributed by atoms with Gasteiger partial charge >= 0.3 is 0 Å². The van der Waals surface area contributed by atoms with Crippen LogP contribution < -0.4 is 10.2 Å². The lowest BCUT2D eigenvalue weighted by Crippen LogP contribution is -2.24. The van der Waals surface area contributed by atoms with Crippen LogP contribution in [-0.2, 0) is 4.79 Å². The summed E-state index contributed by atoms with van der Waals surface area (Å²) in [6.07, 6.45) is 0. The third-order valence-electron chi connectivity index (χ3n) is 3.19. The van der Waals surface area contributed by atoms with Gasteiger partial charge in [0.15, 0.2) is 0 Å². The monoisotopic (exact) mass is 423 g/mol. The maximum absolute atomic E-state index is 12.2. The van der Waals surface area contributed by atoms with Crippen molar-refractivity contribution in [2.75, 3.05) is 23.0 Å². The zero-order chi connectivity index (χ0) is 18.4. The minimum absolute atomic E-state index is 0.102. The Bertz CT molecular complexity index is 815. The van der Waals surface area contributed by atoms with E-state index in [9.17, 15) is 19.7 Å². The molecule has 2 rings (SSSR count). The summed E-state index contributed by atoms with van der Waals surface area (Å²) >= 11 is 4.18. The second-order valence-electron chi connectivity index (χ2n) is 4.89. The van der Waals surface area contributed by atoms with Crippen molar-refractivity contribution in [1.29, 1.82) is 0 Å². The molecule has 2 amide bonds. The van der Waals surface area contributed by atoms with Gasteiger partial charge in [-0.2, -0.15) is 0 Å². The van der Waals surface area contributed by atoms with Crippen LogP contribution in [0.25, 0.3) is 0 Å². The largest absolute Gasteiger partial charge is 0.320 e. The van der Waals surface area contributed by atoms with Gasteiger partial charge < -0.3 is 10.2 Å². The third kappa shape index (κ3) is 5.04. The highest BCUT2D eigenvalue weighted by Crippen LogP contribution is 2.27. The molecule has 2 aromatic carbocycles. The first-order valence-electron chi connectivity index (χ1n) is 7.08. The Morgan fingerprint density at radius 1 is 1.20 bits per heavy atom. The van der Waals surface area contributed by atoms with E-state index in [1.807, 2.05) is 12.1 Å². The molecule has 0 aliphatic rings. The van der Waals surface area contributed by atoms with Crippen LogP contribution in [0.2, 0.25) is 0 Å². The first-order valence-corrected chi connectivity index (χ1v) is 8.86. The van der Waals surface area contributed by atoms with Crippen LogP contribution in [-0.4, -0.2) is 28.9 Å². The van der Waals surface area contributed by atoms with Crippen LogP contribution in [0.5, 0.6) is 0 Å². The van der Waals surface area contributed by atoms with E-state index >= 15 is 0 Å². The van der Waals surface area contributed by atoms with Gasteiger partial charge in [0, 0.05) is 17.6 Å². The number of benzene rings is 2. The van der Waals surface area contributed by atoms with Gasteiger partial charge in [0.25, 0.3) is 10.9 Å². The molecule has 0 unspecified atom stereocenters. The number of nitrogens with one attached hydrogen (secondary N) is 1. The Kier molecular flexibility index (Phi) is 6.54. The smallest absolute Gasteiger partial charge is 0.292 e. The summed E-state index contributed by atoms with van der Waals surface area (Å²) in [5, 5.41) is 13.1. The van der Waals surface area contributed by atoms with Crippen molar-refractivity contribution in [2.24, 2.45) is 0 Å². The first kappa shape index (κ1) is 18.9. The summed E-state index contributed by atoms with van der Waals surface area (Å²) in [7, 11) is 1.61. The molecule has 0 heterocycles. The van der Waals surface area contributed by atoms with Crippen LogP contribution in [0.15, 0.2) is 53.0 Å². The van der Waals surface area contributed by atoms with E-state index in [-0.39, 0.29) is 22.4 Å². The van der Waals surface area contributed by atoms with E-state index in [0.717, 1.165) is 16.2 Å². The van der Waals surface area contributed by atoms with Crippen molar-refractivity contribution in [3.8, 4) is 0 Å². The van der Waals surface area contributed by atoms with Crippen LogP contribution >= 0.6 is 27.7 Å². The van der Waals surface area contributed by atoms with E-state index in [4.69, 9.17) is 0 Å². The molecule has 0 bridgehead atoms. The molecule has 7 nitrogen and oxygen atoms in total. The Morgan fingerprint density at radius 3 is 2.52 bits per heavy atom. The molecule has 0 spiro atoms. The second-order valence-corrected chi connectivity index (χ2v) is 6.67. The van der Waals surface area contributed by atoms with E-state index in [0.29, 0.717) is 5.69 Å². The number of nitrogens with zero attached hydrogens (tertiary/aromatic N) is 2. The molecule has 25 heavy (non-hydrogen) atoms. The highest BCUT2D eigenvalue weighted by Gasteiger charge is 2.18. The van der Waals surface area contributed by atoms with Gasteiger partial charge in [-0.25, -0.2) is 0 Å². The topological polar surface area (TPSA) is 92.6 Å². The Labute approximate surface area is 156 Å². The third-order valence-corrected chi connectivity index (χ3v) is 4.79. The fourth-order valence-electron chi connectivity index (χ4n) is 1.97. The van der Waals surface area contributed by atoms with Gasteiger partial charge in [0.1, 0.15) is 5.69 Å². The molecule has 0 fully saturated rings. The number of carbonyl (C=O) groups is 2. The fourth-order valence-corrected chi connectivity index (χ4v) is 3.14. The highest BCUT2D eigenvalue weighted by molar-refractivity contribution is 9.10. The minimum atomic E-state index is -0.575. The molecule has 0 aliphatic heterocycles. The van der Waals surface area contributed by atoms with E-state index in [1.54, 1.807) is 25.2 Å². The van der Waals surface area contributed by atoms with Crippen molar-refractivity contribution in [3.63, 3.8) is 0 Å². The number of nitro groups is 1. The fraction of sp³-hybridized carbons (Fsp3) is 0.125. The van der Waals surface area contributed by atoms with E-state index < -0.39 is 10.8 Å². The van der Waals surface area contributed by atoms with Crippen molar-refractivity contribution in [3.05, 3.63) is 63.1 Å². The van der Waals surface area contributed by atoms with Crippen molar-refractivity contribution >= 4 is 55.9 Å². The molecule has 0 atom stereocenters. The number of nitro benzene ring substituents is 1. The normalized spacial score (nSPS) is 10.2. The van der Waals surface area contributed by atoms with Gasteiger partial charge in [-0.15, -0.1) is 0 Å². The molecule has 0 radical (unpaired) electrons. The first-order chi connectivity index (χ1) is 11.9. The minimum Gasteiger partial charge on any atom is -0.320 e. The van der Waals surface area contributed by atoms with E-state index in [2.05, 4.69) is 21.2 Å². The molecule has 0 aromatic heterocycles. The summed E-state index contributed by atoms with van der Waals surface area (Å²) in [5.74, 6) is -0.646. The molecule has 130 valence electrons. The zero-order valence-electron chi connectivity index (χ0n) is 13.1. The van der Waals surface area contributed by atoms with Crippen LogP contribution in [0, 0.1) is 10.1 Å². The molecular weight excluding hydrogens is 410 g/mol. The summed E-state index contributed by atoms with van der Waals surface area (Å²) in [5.41, 5.74) is 0.585. The molecule has 0 saturated heterocycles.